The molecule has 1 aliphatic carbocycles. The maximum atomic E-state index is 13.5. The minimum Gasteiger partial charge on any atom is -0.339 e. The predicted octanol–water partition coefficient (Wildman–Crippen LogP) is 3.59. The quantitative estimate of drug-likeness (QED) is 0.308. The summed E-state index contributed by atoms with van der Waals surface area (Å²) in [5, 5.41) is 12.9. The second-order valence-electron chi connectivity index (χ2n) is 9.28. The maximum absolute atomic E-state index is 13.5. The van der Waals surface area contributed by atoms with E-state index in [4.69, 9.17) is 9.51 Å². The number of fused-ring (bicyclic) bond motifs is 2. The van der Waals surface area contributed by atoms with E-state index >= 15 is 0 Å². The van der Waals surface area contributed by atoms with E-state index in [9.17, 15) is 4.79 Å². The molecule has 0 aliphatic heterocycles. The molecule has 1 fully saturated rings. The largest absolute Gasteiger partial charge is 0.339 e. The number of nitrogens with one attached hydrogen (secondary N) is 1. The van der Waals surface area contributed by atoms with Gasteiger partial charge in [0.15, 0.2) is 11.5 Å². The highest BCUT2D eigenvalue weighted by atomic mass is 16.5. The average molecular weight is 473 g/mol. The Morgan fingerprint density at radius 1 is 1.09 bits per heavy atom. The van der Waals surface area contributed by atoms with Crippen LogP contribution in [0.2, 0.25) is 0 Å². The average Bonchev–Trinajstić information content (AvgIpc) is 3.26. The summed E-state index contributed by atoms with van der Waals surface area (Å²) in [6, 6.07) is 10.0. The van der Waals surface area contributed by atoms with E-state index in [0.717, 1.165) is 50.0 Å². The molecule has 1 saturated carbocycles. The van der Waals surface area contributed by atoms with E-state index in [1.54, 1.807) is 4.40 Å². The SMILES string of the molecule is CCCCCn1c2nc(C3CC3)[nH]c2c(=O)n2c(CCc3nc(Cc4ccccc4)no3)nnc12. The number of hydrogen-bond acceptors (Lipinski definition) is 7. The summed E-state index contributed by atoms with van der Waals surface area (Å²) in [5.74, 6) is 3.62. The Morgan fingerprint density at radius 2 is 1.94 bits per heavy atom. The molecular formula is C25H28N8O2. The molecule has 4 heterocycles. The van der Waals surface area contributed by atoms with Crippen LogP contribution in [0.15, 0.2) is 39.6 Å². The molecule has 180 valence electrons. The lowest BCUT2D eigenvalue weighted by Gasteiger charge is -2.09. The first kappa shape index (κ1) is 21.7. The lowest BCUT2D eigenvalue weighted by Crippen LogP contribution is -2.21. The predicted molar refractivity (Wildman–Crippen MR) is 129 cm³/mol. The molecule has 35 heavy (non-hydrogen) atoms. The number of nitrogens with zero attached hydrogens (tertiary/aromatic N) is 7. The lowest BCUT2D eigenvalue weighted by atomic mass is 10.1. The summed E-state index contributed by atoms with van der Waals surface area (Å²) in [7, 11) is 0. The fraction of sp³-hybridized carbons (Fsp3) is 0.440. The third kappa shape index (κ3) is 4.24. The van der Waals surface area contributed by atoms with Gasteiger partial charge in [0.1, 0.15) is 17.2 Å². The summed E-state index contributed by atoms with van der Waals surface area (Å²) in [5.41, 5.74) is 2.18. The Kier molecular flexibility index (Phi) is 5.63. The number of hydrogen-bond donors (Lipinski definition) is 1. The van der Waals surface area contributed by atoms with Crippen LogP contribution in [0.4, 0.5) is 0 Å². The van der Waals surface area contributed by atoms with Crippen molar-refractivity contribution in [1.29, 1.82) is 0 Å². The van der Waals surface area contributed by atoms with Gasteiger partial charge in [0, 0.05) is 31.7 Å². The first-order chi connectivity index (χ1) is 17.2. The van der Waals surface area contributed by atoms with Gasteiger partial charge >= 0.3 is 0 Å². The second kappa shape index (κ2) is 9.09. The summed E-state index contributed by atoms with van der Waals surface area (Å²) >= 11 is 0. The molecule has 0 unspecified atom stereocenters. The number of aryl methyl sites for hydroxylation is 3. The van der Waals surface area contributed by atoms with Crippen molar-refractivity contribution >= 4 is 16.9 Å². The Hall–Kier alpha value is -3.82. The molecule has 4 aromatic heterocycles. The number of aromatic amines is 1. The van der Waals surface area contributed by atoms with Gasteiger partial charge in [0.05, 0.1) is 0 Å². The van der Waals surface area contributed by atoms with Crippen molar-refractivity contribution in [3.63, 3.8) is 0 Å². The van der Waals surface area contributed by atoms with Crippen LogP contribution in [-0.4, -0.2) is 39.3 Å². The Labute approximate surface area is 201 Å². The molecule has 6 rings (SSSR count). The Morgan fingerprint density at radius 3 is 2.74 bits per heavy atom. The first-order valence-electron chi connectivity index (χ1n) is 12.4. The van der Waals surface area contributed by atoms with Crippen LogP contribution in [0, 0.1) is 0 Å². The van der Waals surface area contributed by atoms with Crippen molar-refractivity contribution in [1.82, 2.24) is 39.3 Å². The van der Waals surface area contributed by atoms with Crippen molar-refractivity contribution in [3.05, 3.63) is 69.6 Å². The van der Waals surface area contributed by atoms with E-state index < -0.39 is 0 Å². The molecule has 5 aromatic rings. The van der Waals surface area contributed by atoms with Crippen molar-refractivity contribution in [2.45, 2.75) is 70.8 Å². The van der Waals surface area contributed by atoms with Crippen LogP contribution < -0.4 is 5.56 Å². The first-order valence-corrected chi connectivity index (χ1v) is 12.4. The van der Waals surface area contributed by atoms with Crippen molar-refractivity contribution in [2.75, 3.05) is 0 Å². The lowest BCUT2D eigenvalue weighted by molar-refractivity contribution is 0.373. The number of rotatable bonds is 10. The van der Waals surface area contributed by atoms with Gasteiger partial charge in [-0.1, -0.05) is 55.3 Å². The molecule has 10 nitrogen and oxygen atoms in total. The van der Waals surface area contributed by atoms with Crippen LogP contribution in [0.3, 0.4) is 0 Å². The molecule has 10 heteroatoms. The third-order valence-electron chi connectivity index (χ3n) is 6.56. The summed E-state index contributed by atoms with van der Waals surface area (Å²) < 4.78 is 9.11. The van der Waals surface area contributed by atoms with Gasteiger partial charge in [-0.25, -0.2) is 9.38 Å². The normalized spacial score (nSPS) is 13.9. The minimum absolute atomic E-state index is 0.156. The van der Waals surface area contributed by atoms with Crippen LogP contribution in [0.5, 0.6) is 0 Å². The van der Waals surface area contributed by atoms with Gasteiger partial charge < -0.3 is 9.51 Å². The molecule has 1 aliphatic rings. The number of imidazole rings is 1. The zero-order chi connectivity index (χ0) is 23.8. The molecule has 0 bridgehead atoms. The van der Waals surface area contributed by atoms with Gasteiger partial charge in [0.25, 0.3) is 5.56 Å². The van der Waals surface area contributed by atoms with Crippen molar-refractivity contribution in [3.8, 4) is 0 Å². The fourth-order valence-electron chi connectivity index (χ4n) is 4.52. The monoisotopic (exact) mass is 472 g/mol. The highest BCUT2D eigenvalue weighted by molar-refractivity contribution is 5.73. The number of H-pyrrole nitrogens is 1. The minimum atomic E-state index is -0.156. The third-order valence-corrected chi connectivity index (χ3v) is 6.56. The Bertz CT molecular complexity index is 1520. The van der Waals surface area contributed by atoms with Crippen LogP contribution in [-0.2, 0) is 25.8 Å². The maximum Gasteiger partial charge on any atom is 0.286 e. The summed E-state index contributed by atoms with van der Waals surface area (Å²) in [6.45, 7) is 2.92. The molecule has 0 spiro atoms. The second-order valence-corrected chi connectivity index (χ2v) is 9.28. The highest BCUT2D eigenvalue weighted by Crippen LogP contribution is 2.38. The molecule has 1 N–H and O–H groups in total. The van der Waals surface area contributed by atoms with E-state index in [-0.39, 0.29) is 5.56 Å². The van der Waals surface area contributed by atoms with E-state index in [2.05, 4.69) is 32.2 Å². The standard InChI is InChI=1S/C25H28N8O2/c1-2-3-7-14-32-23-21(27-22(28-23)17-10-11-17)24(34)33-19(29-30-25(32)33)12-13-20-26-18(31-35-20)15-16-8-5-4-6-9-16/h4-6,8-9,17H,2-3,7,10-15H2,1H3,(H,27,28). The molecule has 0 amide bonds. The van der Waals surface area contributed by atoms with Crippen LogP contribution in [0.1, 0.15) is 73.9 Å². The van der Waals surface area contributed by atoms with Gasteiger partial charge in [-0.3, -0.25) is 9.36 Å². The van der Waals surface area contributed by atoms with Crippen LogP contribution >= 0.6 is 0 Å². The molecule has 0 saturated heterocycles. The van der Waals surface area contributed by atoms with E-state index in [0.29, 0.717) is 59.7 Å². The fourth-order valence-corrected chi connectivity index (χ4v) is 4.52. The van der Waals surface area contributed by atoms with Crippen LogP contribution in [0.25, 0.3) is 16.9 Å². The zero-order valence-electron chi connectivity index (χ0n) is 19.8. The van der Waals surface area contributed by atoms with Crippen molar-refractivity contribution in [2.24, 2.45) is 0 Å². The smallest absolute Gasteiger partial charge is 0.286 e. The number of aromatic nitrogens is 8. The van der Waals surface area contributed by atoms with Gasteiger partial charge in [-0.15, -0.1) is 10.2 Å². The number of unbranched alkanes of at least 4 members (excludes halogenated alkanes) is 2. The Balaban J connectivity index is 1.29. The number of benzene rings is 1. The summed E-state index contributed by atoms with van der Waals surface area (Å²) in [4.78, 5) is 26.1. The molecular weight excluding hydrogens is 444 g/mol. The van der Waals surface area contributed by atoms with Gasteiger partial charge in [0.2, 0.25) is 11.7 Å². The van der Waals surface area contributed by atoms with Gasteiger partial charge in [-0.05, 0) is 24.8 Å². The molecule has 0 atom stereocenters. The molecule has 1 aromatic carbocycles. The van der Waals surface area contributed by atoms with Gasteiger partial charge in [-0.2, -0.15) is 4.98 Å². The van der Waals surface area contributed by atoms with Crippen molar-refractivity contribution < 1.29 is 4.52 Å². The zero-order valence-corrected chi connectivity index (χ0v) is 19.8. The van der Waals surface area contributed by atoms with E-state index in [1.807, 2.05) is 34.9 Å². The molecule has 0 radical (unpaired) electrons. The summed E-state index contributed by atoms with van der Waals surface area (Å²) in [6.07, 6.45) is 6.99. The topological polar surface area (TPSA) is 120 Å². The highest BCUT2D eigenvalue weighted by Gasteiger charge is 2.29. The van der Waals surface area contributed by atoms with E-state index in [1.165, 1.54) is 0 Å².